The van der Waals surface area contributed by atoms with Gasteiger partial charge in [0, 0.05) is 11.1 Å². The lowest BCUT2D eigenvalue weighted by Gasteiger charge is -2.37. The van der Waals surface area contributed by atoms with E-state index in [-0.39, 0.29) is 23.4 Å². The van der Waals surface area contributed by atoms with Gasteiger partial charge in [-0.1, -0.05) is 31.0 Å². The fourth-order valence-electron chi connectivity index (χ4n) is 3.34. The Hall–Kier alpha value is -1.55. The average Bonchev–Trinajstić information content (AvgIpc) is 2.81. The van der Waals surface area contributed by atoms with E-state index in [0.29, 0.717) is 6.61 Å². The van der Waals surface area contributed by atoms with Gasteiger partial charge >= 0.3 is 0 Å². The van der Waals surface area contributed by atoms with Gasteiger partial charge in [0.25, 0.3) is 0 Å². The highest BCUT2D eigenvalue weighted by Crippen LogP contribution is 2.35. The van der Waals surface area contributed by atoms with Crippen LogP contribution in [0, 0.1) is 5.92 Å². The number of carbonyl (C=O) groups is 1. The van der Waals surface area contributed by atoms with Gasteiger partial charge in [0.05, 0.1) is 12.0 Å². The minimum atomic E-state index is -0.388. The zero-order chi connectivity index (χ0) is 14.2. The van der Waals surface area contributed by atoms with Gasteiger partial charge in [-0.25, -0.2) is 0 Å². The summed E-state index contributed by atoms with van der Waals surface area (Å²) in [5.74, 6) is 0.848. The number of benzene rings is 1. The Morgan fingerprint density at radius 1 is 1.40 bits per heavy atom. The van der Waals surface area contributed by atoms with Crippen molar-refractivity contribution in [1.82, 2.24) is 5.32 Å². The number of ether oxygens (including phenoxy) is 1. The molecule has 0 saturated heterocycles. The van der Waals surface area contributed by atoms with E-state index in [9.17, 15) is 4.79 Å². The standard InChI is InChI=1S/C16H22N2O2/c1-16(17)9-5-4-7-12(16)15(19)18-13-10-20-14-8-3-2-6-11(13)14/h2-3,6,8,12-13H,4-5,7,9-10,17H2,1H3,(H,18,19). The zero-order valence-electron chi connectivity index (χ0n) is 11.9. The van der Waals surface area contributed by atoms with E-state index >= 15 is 0 Å². The molecule has 0 bridgehead atoms. The second-order valence-corrected chi connectivity index (χ2v) is 6.21. The number of hydrogen-bond acceptors (Lipinski definition) is 3. The van der Waals surface area contributed by atoms with E-state index in [1.54, 1.807) is 0 Å². The van der Waals surface area contributed by atoms with Gasteiger partial charge in [0.2, 0.25) is 5.91 Å². The normalized spacial score (nSPS) is 32.3. The van der Waals surface area contributed by atoms with Gasteiger partial charge in [-0.05, 0) is 25.8 Å². The lowest BCUT2D eigenvalue weighted by Crippen LogP contribution is -2.53. The predicted octanol–water partition coefficient (Wildman–Crippen LogP) is 2.14. The van der Waals surface area contributed by atoms with Gasteiger partial charge in [-0.15, -0.1) is 0 Å². The van der Waals surface area contributed by atoms with E-state index in [0.717, 1.165) is 37.0 Å². The summed E-state index contributed by atoms with van der Waals surface area (Å²) in [6, 6.07) is 7.82. The molecule has 1 aromatic carbocycles. The molecule has 3 atom stereocenters. The first-order valence-corrected chi connectivity index (χ1v) is 7.39. The van der Waals surface area contributed by atoms with Crippen LogP contribution in [0.4, 0.5) is 0 Å². The zero-order valence-corrected chi connectivity index (χ0v) is 11.9. The summed E-state index contributed by atoms with van der Waals surface area (Å²) >= 11 is 0. The minimum Gasteiger partial charge on any atom is -0.491 e. The molecule has 1 aliphatic carbocycles. The number of carbonyl (C=O) groups excluding carboxylic acids is 1. The Kier molecular flexibility index (Phi) is 3.42. The molecule has 1 heterocycles. The maximum Gasteiger partial charge on any atom is 0.225 e. The molecule has 0 aromatic heterocycles. The van der Waals surface area contributed by atoms with Crippen molar-refractivity contribution in [3.05, 3.63) is 29.8 Å². The molecule has 1 saturated carbocycles. The molecule has 4 heteroatoms. The average molecular weight is 274 g/mol. The smallest absolute Gasteiger partial charge is 0.225 e. The van der Waals surface area contributed by atoms with Gasteiger partial charge in [0.1, 0.15) is 12.4 Å². The molecule has 1 amide bonds. The van der Waals surface area contributed by atoms with Crippen molar-refractivity contribution in [3.63, 3.8) is 0 Å². The number of para-hydroxylation sites is 1. The second-order valence-electron chi connectivity index (χ2n) is 6.21. The van der Waals surface area contributed by atoms with Crippen LogP contribution in [-0.2, 0) is 4.79 Å². The minimum absolute atomic E-state index is 0.0450. The highest BCUT2D eigenvalue weighted by atomic mass is 16.5. The Morgan fingerprint density at radius 3 is 3.00 bits per heavy atom. The quantitative estimate of drug-likeness (QED) is 0.868. The molecule has 2 aliphatic rings. The fourth-order valence-corrected chi connectivity index (χ4v) is 3.34. The molecule has 1 fully saturated rings. The van der Waals surface area contributed by atoms with Crippen molar-refractivity contribution in [2.24, 2.45) is 11.7 Å². The first-order valence-electron chi connectivity index (χ1n) is 7.39. The first kappa shape index (κ1) is 13.4. The third-order valence-electron chi connectivity index (χ3n) is 4.59. The molecule has 0 spiro atoms. The van der Waals surface area contributed by atoms with Crippen molar-refractivity contribution in [1.29, 1.82) is 0 Å². The molecular weight excluding hydrogens is 252 g/mol. The lowest BCUT2D eigenvalue weighted by molar-refractivity contribution is -0.129. The summed E-state index contributed by atoms with van der Waals surface area (Å²) in [5.41, 5.74) is 6.98. The van der Waals surface area contributed by atoms with E-state index in [2.05, 4.69) is 5.32 Å². The van der Waals surface area contributed by atoms with Crippen molar-refractivity contribution >= 4 is 5.91 Å². The third-order valence-corrected chi connectivity index (χ3v) is 4.59. The molecule has 3 rings (SSSR count). The van der Waals surface area contributed by atoms with Gasteiger partial charge in [-0.2, -0.15) is 0 Å². The highest BCUT2D eigenvalue weighted by molar-refractivity contribution is 5.81. The van der Waals surface area contributed by atoms with Crippen molar-refractivity contribution in [2.45, 2.75) is 44.2 Å². The molecule has 1 aliphatic heterocycles. The number of hydrogen-bond donors (Lipinski definition) is 2. The maximum atomic E-state index is 12.5. The number of rotatable bonds is 2. The Morgan fingerprint density at radius 2 is 2.20 bits per heavy atom. The Bertz CT molecular complexity index is 513. The third kappa shape index (κ3) is 2.40. The van der Waals surface area contributed by atoms with E-state index in [4.69, 9.17) is 10.5 Å². The van der Waals surface area contributed by atoms with Crippen LogP contribution in [0.5, 0.6) is 5.75 Å². The van der Waals surface area contributed by atoms with Crippen LogP contribution in [-0.4, -0.2) is 18.1 Å². The van der Waals surface area contributed by atoms with E-state index in [1.165, 1.54) is 0 Å². The molecule has 0 radical (unpaired) electrons. The maximum absolute atomic E-state index is 12.5. The van der Waals surface area contributed by atoms with Gasteiger partial charge < -0.3 is 15.8 Å². The molecule has 3 unspecified atom stereocenters. The van der Waals surface area contributed by atoms with Crippen LogP contribution in [0.1, 0.15) is 44.2 Å². The van der Waals surface area contributed by atoms with Gasteiger partial charge in [-0.3, -0.25) is 4.79 Å². The molecule has 3 N–H and O–H groups in total. The van der Waals surface area contributed by atoms with Gasteiger partial charge in [0.15, 0.2) is 0 Å². The summed E-state index contributed by atoms with van der Waals surface area (Å²) in [6.07, 6.45) is 4.01. The summed E-state index contributed by atoms with van der Waals surface area (Å²) in [5, 5.41) is 3.12. The molecule has 1 aromatic rings. The fraction of sp³-hybridized carbons (Fsp3) is 0.562. The monoisotopic (exact) mass is 274 g/mol. The van der Waals surface area contributed by atoms with E-state index in [1.807, 2.05) is 31.2 Å². The Labute approximate surface area is 119 Å². The molecule has 4 nitrogen and oxygen atoms in total. The van der Waals surface area contributed by atoms with Crippen LogP contribution in [0.15, 0.2) is 24.3 Å². The van der Waals surface area contributed by atoms with Crippen LogP contribution < -0.4 is 15.8 Å². The topological polar surface area (TPSA) is 64.4 Å². The predicted molar refractivity (Wildman–Crippen MR) is 77.4 cm³/mol. The van der Waals surface area contributed by atoms with Crippen molar-refractivity contribution in [2.75, 3.05) is 6.61 Å². The lowest BCUT2D eigenvalue weighted by atomic mass is 9.74. The largest absolute Gasteiger partial charge is 0.491 e. The molecular formula is C16H22N2O2. The molecule has 108 valence electrons. The van der Waals surface area contributed by atoms with Crippen LogP contribution in [0.25, 0.3) is 0 Å². The summed E-state index contributed by atoms with van der Waals surface area (Å²) in [6.45, 7) is 2.51. The summed E-state index contributed by atoms with van der Waals surface area (Å²) in [4.78, 5) is 12.5. The van der Waals surface area contributed by atoms with E-state index < -0.39 is 0 Å². The van der Waals surface area contributed by atoms with Crippen molar-refractivity contribution < 1.29 is 9.53 Å². The summed E-state index contributed by atoms with van der Waals surface area (Å²) in [7, 11) is 0. The highest BCUT2D eigenvalue weighted by Gasteiger charge is 2.39. The number of amides is 1. The van der Waals surface area contributed by atoms with Crippen LogP contribution in [0.3, 0.4) is 0 Å². The number of fused-ring (bicyclic) bond motifs is 1. The summed E-state index contributed by atoms with van der Waals surface area (Å²) < 4.78 is 5.61. The van der Waals surface area contributed by atoms with Crippen molar-refractivity contribution in [3.8, 4) is 5.75 Å². The van der Waals surface area contributed by atoms with Crippen LogP contribution in [0.2, 0.25) is 0 Å². The number of nitrogens with one attached hydrogen (secondary N) is 1. The Balaban J connectivity index is 1.71. The SMILES string of the molecule is CC1(N)CCCCC1C(=O)NC1COc2ccccc21. The van der Waals surface area contributed by atoms with Crippen LogP contribution >= 0.6 is 0 Å². The first-order chi connectivity index (χ1) is 9.58. The molecule has 20 heavy (non-hydrogen) atoms. The number of nitrogens with two attached hydrogens (primary N) is 1. The second kappa shape index (κ2) is 5.09.